The Hall–Kier alpha value is -2.70. The van der Waals surface area contributed by atoms with E-state index in [4.69, 9.17) is 11.6 Å². The highest BCUT2D eigenvalue weighted by Gasteiger charge is 2.16. The number of nitrogens with zero attached hydrogens (tertiary/aromatic N) is 5. The van der Waals surface area contributed by atoms with Crippen LogP contribution in [0.15, 0.2) is 71.0 Å². The van der Waals surface area contributed by atoms with Crippen LogP contribution in [-0.2, 0) is 0 Å². The van der Waals surface area contributed by atoms with Crippen LogP contribution in [0.2, 0.25) is 5.02 Å². The van der Waals surface area contributed by atoms with Crippen LogP contribution in [0.25, 0.3) is 5.69 Å². The molecule has 3 rings (SSSR count). The van der Waals surface area contributed by atoms with Crippen molar-refractivity contribution in [3.8, 4) is 11.6 Å². The van der Waals surface area contributed by atoms with Crippen molar-refractivity contribution in [3.05, 3.63) is 71.4 Å². The Morgan fingerprint density at radius 2 is 1.50 bits per heavy atom. The Bertz CT molecular complexity index is 855. The zero-order valence-electron chi connectivity index (χ0n) is 15.3. The van der Waals surface area contributed by atoms with Crippen molar-refractivity contribution in [3.63, 3.8) is 0 Å². The molecule has 0 bridgehead atoms. The first-order valence-corrected chi connectivity index (χ1v) is 8.45. The van der Waals surface area contributed by atoms with Crippen molar-refractivity contribution in [1.29, 1.82) is 0 Å². The average Bonchev–Trinajstić information content (AvgIpc) is 2.89. The average molecular weight is 373 g/mol. The van der Waals surface area contributed by atoms with E-state index in [-0.39, 0.29) is 5.88 Å². The summed E-state index contributed by atoms with van der Waals surface area (Å²) < 4.78 is 1.79. The number of quaternary nitrogens is 1. The first-order chi connectivity index (χ1) is 12.3. The van der Waals surface area contributed by atoms with Crippen molar-refractivity contribution in [2.24, 2.45) is 10.3 Å². The number of aryl methyl sites for hydroxylation is 1. The smallest absolute Gasteiger partial charge is 0.243 e. The number of rotatable bonds is 3. The van der Waals surface area contributed by atoms with Crippen LogP contribution in [0.1, 0.15) is 5.69 Å². The van der Waals surface area contributed by atoms with E-state index in [1.165, 1.54) is 4.68 Å². The molecule has 6 nitrogen and oxygen atoms in total. The maximum absolute atomic E-state index is 10.2. The molecule has 26 heavy (non-hydrogen) atoms. The summed E-state index contributed by atoms with van der Waals surface area (Å²) in [5.74, 6) is 0.000833. The predicted octanol–water partition coefficient (Wildman–Crippen LogP) is 4.93. The van der Waals surface area contributed by atoms with Crippen LogP contribution in [0.5, 0.6) is 5.88 Å². The second-order valence-electron chi connectivity index (χ2n) is 6.43. The maximum atomic E-state index is 10.2. The molecule has 1 heterocycles. The van der Waals surface area contributed by atoms with E-state index in [9.17, 15) is 5.11 Å². The van der Waals surface area contributed by atoms with Crippen molar-refractivity contribution in [2.75, 3.05) is 21.1 Å². The van der Waals surface area contributed by atoms with E-state index < -0.39 is 0 Å². The molecular formula is C19H23ClN5O+. The lowest BCUT2D eigenvalue weighted by Gasteiger charge is -2.11. The standard InChI is InChI=1S/C13H17N5O.C6H5Cl/c1-10-12(14-16-18(2,3)4)13(19)17(15-10)11-8-6-5-7-9-11;7-6-4-2-1-3-5-6/h5-9H,1-4H3;1-5H/p+1. The minimum Gasteiger partial charge on any atom is -0.492 e. The lowest BCUT2D eigenvalue weighted by atomic mass is 10.3. The van der Waals surface area contributed by atoms with Crippen LogP contribution in [0.4, 0.5) is 5.69 Å². The van der Waals surface area contributed by atoms with Gasteiger partial charge in [0, 0.05) is 10.2 Å². The van der Waals surface area contributed by atoms with Crippen LogP contribution in [-0.4, -0.2) is 40.6 Å². The summed E-state index contributed by atoms with van der Waals surface area (Å²) in [6.07, 6.45) is 0. The van der Waals surface area contributed by atoms with Gasteiger partial charge < -0.3 is 5.11 Å². The first-order valence-electron chi connectivity index (χ1n) is 8.07. The van der Waals surface area contributed by atoms with E-state index in [0.717, 1.165) is 10.7 Å². The highest BCUT2D eigenvalue weighted by Crippen LogP contribution is 2.32. The summed E-state index contributed by atoms with van der Waals surface area (Å²) >= 11 is 5.54. The number of para-hydroxylation sites is 1. The van der Waals surface area contributed by atoms with Crippen molar-refractivity contribution >= 4 is 17.3 Å². The van der Waals surface area contributed by atoms with Gasteiger partial charge in [-0.25, -0.2) is 0 Å². The van der Waals surface area contributed by atoms with Gasteiger partial charge in [0.25, 0.3) is 0 Å². The van der Waals surface area contributed by atoms with Gasteiger partial charge in [-0.3, -0.25) is 0 Å². The summed E-state index contributed by atoms with van der Waals surface area (Å²) in [5, 5.41) is 23.5. The fourth-order valence-electron chi connectivity index (χ4n) is 1.97. The molecule has 1 N–H and O–H groups in total. The van der Waals surface area contributed by atoms with Gasteiger partial charge in [0.05, 0.1) is 32.5 Å². The first kappa shape index (κ1) is 19.6. The molecule has 0 aliphatic carbocycles. The van der Waals surface area contributed by atoms with E-state index in [1.807, 2.05) is 81.8 Å². The molecule has 0 spiro atoms. The summed E-state index contributed by atoms with van der Waals surface area (Å²) in [7, 11) is 5.66. The molecule has 136 valence electrons. The number of aromatic hydroxyl groups is 1. The number of aromatic nitrogens is 2. The van der Waals surface area contributed by atoms with Gasteiger partial charge in [-0.15, -0.1) is 0 Å². The predicted molar refractivity (Wildman–Crippen MR) is 104 cm³/mol. The lowest BCUT2D eigenvalue weighted by molar-refractivity contribution is -0.882. The quantitative estimate of drug-likeness (QED) is 0.402. The molecule has 0 saturated carbocycles. The molecule has 0 saturated heterocycles. The second kappa shape index (κ2) is 8.60. The highest BCUT2D eigenvalue weighted by atomic mass is 35.5. The van der Waals surface area contributed by atoms with Gasteiger partial charge in [-0.2, -0.15) is 14.4 Å². The van der Waals surface area contributed by atoms with E-state index >= 15 is 0 Å². The molecule has 0 fully saturated rings. The Labute approximate surface area is 158 Å². The molecule has 0 radical (unpaired) electrons. The lowest BCUT2D eigenvalue weighted by Crippen LogP contribution is -2.26. The number of benzene rings is 2. The Balaban J connectivity index is 0.000000290. The van der Waals surface area contributed by atoms with Gasteiger partial charge in [0.1, 0.15) is 0 Å². The Kier molecular flexibility index (Phi) is 6.49. The normalized spacial score (nSPS) is 11.3. The van der Waals surface area contributed by atoms with Crippen molar-refractivity contribution in [1.82, 2.24) is 9.78 Å². The van der Waals surface area contributed by atoms with Crippen LogP contribution >= 0.6 is 11.6 Å². The van der Waals surface area contributed by atoms with Gasteiger partial charge in [0.2, 0.25) is 5.88 Å². The number of hydrogen-bond acceptors (Lipinski definition) is 4. The monoisotopic (exact) mass is 372 g/mol. The molecule has 3 aromatic rings. The third kappa shape index (κ3) is 5.68. The molecule has 0 amide bonds. The SMILES string of the molecule is Cc1nn(-c2ccccc2)c(O)c1N=N[N+](C)(C)C.Clc1ccccc1. The van der Waals surface area contributed by atoms with E-state index in [0.29, 0.717) is 16.0 Å². The molecule has 0 aliphatic rings. The molecule has 2 aromatic carbocycles. The third-order valence-electron chi connectivity index (χ3n) is 3.15. The minimum absolute atomic E-state index is 0.000833. The van der Waals surface area contributed by atoms with Crippen LogP contribution in [0.3, 0.4) is 0 Å². The molecule has 0 unspecified atom stereocenters. The van der Waals surface area contributed by atoms with Gasteiger partial charge in [-0.05, 0) is 31.2 Å². The molecule has 1 aromatic heterocycles. The van der Waals surface area contributed by atoms with E-state index in [2.05, 4.69) is 15.4 Å². The summed E-state index contributed by atoms with van der Waals surface area (Å²) in [6, 6.07) is 18.9. The Morgan fingerprint density at radius 1 is 0.962 bits per heavy atom. The molecule has 0 aliphatic heterocycles. The maximum Gasteiger partial charge on any atom is 0.243 e. The van der Waals surface area contributed by atoms with Crippen molar-refractivity contribution in [2.45, 2.75) is 6.92 Å². The van der Waals surface area contributed by atoms with Gasteiger partial charge in [0.15, 0.2) is 5.69 Å². The summed E-state index contributed by atoms with van der Waals surface area (Å²) in [4.78, 5) is 0. The largest absolute Gasteiger partial charge is 0.492 e. The van der Waals surface area contributed by atoms with Crippen LogP contribution in [0, 0.1) is 6.92 Å². The molecular weight excluding hydrogens is 350 g/mol. The zero-order chi connectivity index (χ0) is 19.2. The third-order valence-corrected chi connectivity index (χ3v) is 3.40. The second-order valence-corrected chi connectivity index (χ2v) is 6.87. The van der Waals surface area contributed by atoms with Crippen molar-refractivity contribution < 1.29 is 9.70 Å². The fraction of sp³-hybridized carbons (Fsp3) is 0.211. The fourth-order valence-corrected chi connectivity index (χ4v) is 2.11. The Morgan fingerprint density at radius 3 is 1.96 bits per heavy atom. The number of halogens is 1. The minimum atomic E-state index is 0.000833. The highest BCUT2D eigenvalue weighted by molar-refractivity contribution is 6.30. The molecule has 0 atom stereocenters. The van der Waals surface area contributed by atoms with Gasteiger partial charge >= 0.3 is 0 Å². The summed E-state index contributed by atoms with van der Waals surface area (Å²) in [5.41, 5.74) is 1.82. The zero-order valence-corrected chi connectivity index (χ0v) is 16.1. The van der Waals surface area contributed by atoms with Crippen LogP contribution < -0.4 is 0 Å². The topological polar surface area (TPSA) is 62.8 Å². The van der Waals surface area contributed by atoms with Gasteiger partial charge in [-0.1, -0.05) is 53.1 Å². The number of hydrogen-bond donors (Lipinski definition) is 1. The summed E-state index contributed by atoms with van der Waals surface area (Å²) in [6.45, 7) is 1.79. The van der Waals surface area contributed by atoms with E-state index in [1.54, 1.807) is 6.92 Å². The molecule has 7 heteroatoms.